The summed E-state index contributed by atoms with van der Waals surface area (Å²) >= 11 is 6.75. The fourth-order valence-electron chi connectivity index (χ4n) is 1.33. The number of anilines is 1. The molecule has 6 heteroatoms. The van der Waals surface area contributed by atoms with Gasteiger partial charge in [0.2, 0.25) is 0 Å². The summed E-state index contributed by atoms with van der Waals surface area (Å²) in [7, 11) is 0. The average Bonchev–Trinajstić information content (AvgIpc) is 2.37. The van der Waals surface area contributed by atoms with E-state index in [1.807, 2.05) is 25.1 Å². The molecule has 1 aromatic carbocycles. The lowest BCUT2D eigenvalue weighted by molar-refractivity contribution is -0.127. The van der Waals surface area contributed by atoms with E-state index in [-0.39, 0.29) is 5.91 Å². The van der Waals surface area contributed by atoms with Crippen molar-refractivity contribution in [3.8, 4) is 0 Å². The van der Waals surface area contributed by atoms with E-state index in [2.05, 4.69) is 37.2 Å². The third-order valence-corrected chi connectivity index (χ3v) is 3.51. The van der Waals surface area contributed by atoms with Crippen LogP contribution in [0.2, 0.25) is 0 Å². The Morgan fingerprint density at radius 3 is 2.74 bits per heavy atom. The van der Waals surface area contributed by atoms with Crippen LogP contribution in [0.5, 0.6) is 0 Å². The number of rotatable bonds is 7. The maximum absolute atomic E-state index is 11.9. The lowest BCUT2D eigenvalue weighted by Crippen LogP contribution is -2.29. The molecule has 0 radical (unpaired) electrons. The average molecular weight is 395 g/mol. The summed E-state index contributed by atoms with van der Waals surface area (Å²) in [6.07, 6.45) is -0.518. The molecule has 0 aliphatic rings. The van der Waals surface area contributed by atoms with Gasteiger partial charge in [0.05, 0.1) is 18.9 Å². The number of nitrogens with one attached hydrogen (secondary N) is 1. The van der Waals surface area contributed by atoms with E-state index in [1.54, 1.807) is 6.92 Å². The number of benzene rings is 1. The third kappa shape index (κ3) is 6.03. The normalized spacial score (nSPS) is 12.2. The summed E-state index contributed by atoms with van der Waals surface area (Å²) in [6.45, 7) is 5.19. The summed E-state index contributed by atoms with van der Waals surface area (Å²) in [5, 5.41) is 2.81. The van der Waals surface area contributed by atoms with Crippen LogP contribution in [0.1, 0.15) is 13.8 Å². The van der Waals surface area contributed by atoms with Crippen molar-refractivity contribution in [3.05, 3.63) is 27.1 Å². The Hall–Kier alpha value is -0.430. The number of carbonyl (C=O) groups excluding carboxylic acids is 1. The Bertz CT molecular complexity index is 426. The van der Waals surface area contributed by atoms with Gasteiger partial charge in [-0.3, -0.25) is 4.79 Å². The topological polar surface area (TPSA) is 47.6 Å². The van der Waals surface area contributed by atoms with Crippen LogP contribution < -0.4 is 5.32 Å². The largest absolute Gasteiger partial charge is 0.379 e. The van der Waals surface area contributed by atoms with Crippen molar-refractivity contribution < 1.29 is 14.3 Å². The highest BCUT2D eigenvalue weighted by Gasteiger charge is 2.14. The van der Waals surface area contributed by atoms with Crippen LogP contribution in [0.3, 0.4) is 0 Å². The van der Waals surface area contributed by atoms with Crippen LogP contribution in [-0.2, 0) is 14.3 Å². The maximum Gasteiger partial charge on any atom is 0.253 e. The number of ether oxygens (including phenoxy) is 2. The molecule has 0 spiro atoms. The molecular weight excluding hydrogens is 378 g/mol. The lowest BCUT2D eigenvalue weighted by atomic mass is 10.3. The summed E-state index contributed by atoms with van der Waals surface area (Å²) in [4.78, 5) is 11.9. The van der Waals surface area contributed by atoms with E-state index in [9.17, 15) is 4.79 Å². The first-order valence-corrected chi connectivity index (χ1v) is 7.58. The molecule has 1 rings (SSSR count). The fourth-order valence-corrected chi connectivity index (χ4v) is 2.48. The second-order valence-electron chi connectivity index (χ2n) is 3.82. The van der Waals surface area contributed by atoms with E-state index < -0.39 is 6.10 Å². The minimum atomic E-state index is -0.518. The quantitative estimate of drug-likeness (QED) is 0.719. The maximum atomic E-state index is 11.9. The second kappa shape index (κ2) is 8.68. The van der Waals surface area contributed by atoms with Gasteiger partial charge in [-0.25, -0.2) is 0 Å². The fraction of sp³-hybridized carbons (Fsp3) is 0.462. The molecule has 19 heavy (non-hydrogen) atoms. The van der Waals surface area contributed by atoms with Gasteiger partial charge in [0.25, 0.3) is 5.91 Å². The monoisotopic (exact) mass is 393 g/mol. The predicted molar refractivity (Wildman–Crippen MR) is 82.4 cm³/mol. The molecule has 0 heterocycles. The molecule has 0 aliphatic carbocycles. The molecule has 1 atom stereocenters. The van der Waals surface area contributed by atoms with Crippen LogP contribution in [0, 0.1) is 0 Å². The van der Waals surface area contributed by atoms with Gasteiger partial charge in [-0.05, 0) is 48.0 Å². The Balaban J connectivity index is 2.45. The van der Waals surface area contributed by atoms with Crippen LogP contribution in [0.4, 0.5) is 5.69 Å². The highest BCUT2D eigenvalue weighted by Crippen LogP contribution is 2.26. The van der Waals surface area contributed by atoms with Gasteiger partial charge in [0, 0.05) is 15.6 Å². The van der Waals surface area contributed by atoms with E-state index in [0.717, 1.165) is 8.95 Å². The summed E-state index contributed by atoms with van der Waals surface area (Å²) < 4.78 is 12.3. The molecule has 0 aliphatic heterocycles. The first-order chi connectivity index (χ1) is 9.04. The van der Waals surface area contributed by atoms with Gasteiger partial charge >= 0.3 is 0 Å². The number of carbonyl (C=O) groups is 1. The lowest BCUT2D eigenvalue weighted by Gasteiger charge is -2.14. The first-order valence-electron chi connectivity index (χ1n) is 5.99. The van der Waals surface area contributed by atoms with E-state index in [4.69, 9.17) is 9.47 Å². The molecule has 106 valence electrons. The summed E-state index contributed by atoms with van der Waals surface area (Å²) in [5.74, 6) is -0.181. The molecule has 4 nitrogen and oxygen atoms in total. The van der Waals surface area contributed by atoms with Gasteiger partial charge in [0.1, 0.15) is 6.10 Å². The van der Waals surface area contributed by atoms with Gasteiger partial charge in [-0.2, -0.15) is 0 Å². The molecule has 0 saturated carbocycles. The van der Waals surface area contributed by atoms with Crippen molar-refractivity contribution in [2.24, 2.45) is 0 Å². The van der Waals surface area contributed by atoms with Gasteiger partial charge < -0.3 is 14.8 Å². The zero-order chi connectivity index (χ0) is 14.3. The van der Waals surface area contributed by atoms with Crippen LogP contribution in [0.15, 0.2) is 27.1 Å². The van der Waals surface area contributed by atoms with Gasteiger partial charge in [-0.1, -0.05) is 15.9 Å². The van der Waals surface area contributed by atoms with Gasteiger partial charge in [0.15, 0.2) is 0 Å². The Labute approximate surface area is 130 Å². The van der Waals surface area contributed by atoms with Crippen molar-refractivity contribution in [1.29, 1.82) is 0 Å². The molecule has 1 unspecified atom stereocenters. The molecule has 1 amide bonds. The van der Waals surface area contributed by atoms with Crippen LogP contribution in [0.25, 0.3) is 0 Å². The zero-order valence-electron chi connectivity index (χ0n) is 10.9. The molecule has 1 aromatic rings. The Kier molecular flexibility index (Phi) is 7.60. The minimum Gasteiger partial charge on any atom is -0.379 e. The predicted octanol–water partition coefficient (Wildman–Crippen LogP) is 3.59. The first kappa shape index (κ1) is 16.6. The number of amides is 1. The van der Waals surface area contributed by atoms with Crippen molar-refractivity contribution in [2.75, 3.05) is 25.1 Å². The third-order valence-electron chi connectivity index (χ3n) is 2.36. The van der Waals surface area contributed by atoms with Crippen molar-refractivity contribution in [2.45, 2.75) is 20.0 Å². The summed E-state index contributed by atoms with van der Waals surface area (Å²) in [5.41, 5.74) is 0.716. The molecular formula is C13H17Br2NO3. The molecule has 0 fully saturated rings. The van der Waals surface area contributed by atoms with E-state index in [0.29, 0.717) is 25.5 Å². The standard InChI is InChI=1S/C13H17Br2NO3/c1-3-18-6-7-19-9(2)13(17)16-12-5-4-10(14)8-11(12)15/h4-5,8-9H,3,6-7H2,1-2H3,(H,16,17). The number of halogens is 2. The van der Waals surface area contributed by atoms with E-state index >= 15 is 0 Å². The van der Waals surface area contributed by atoms with E-state index in [1.165, 1.54) is 0 Å². The number of hydrogen-bond donors (Lipinski definition) is 1. The summed E-state index contributed by atoms with van der Waals surface area (Å²) in [6, 6.07) is 5.55. The molecule has 0 bridgehead atoms. The molecule has 1 N–H and O–H groups in total. The highest BCUT2D eigenvalue weighted by atomic mass is 79.9. The molecule has 0 saturated heterocycles. The smallest absolute Gasteiger partial charge is 0.253 e. The zero-order valence-corrected chi connectivity index (χ0v) is 14.1. The molecule has 0 aromatic heterocycles. The SMILES string of the molecule is CCOCCOC(C)C(=O)Nc1ccc(Br)cc1Br. The second-order valence-corrected chi connectivity index (χ2v) is 5.59. The van der Waals surface area contributed by atoms with Crippen molar-refractivity contribution in [3.63, 3.8) is 0 Å². The van der Waals surface area contributed by atoms with Gasteiger partial charge in [-0.15, -0.1) is 0 Å². The van der Waals surface area contributed by atoms with Crippen LogP contribution >= 0.6 is 31.9 Å². The Morgan fingerprint density at radius 1 is 1.37 bits per heavy atom. The van der Waals surface area contributed by atoms with Crippen molar-refractivity contribution in [1.82, 2.24) is 0 Å². The highest BCUT2D eigenvalue weighted by molar-refractivity contribution is 9.11. The van der Waals surface area contributed by atoms with Crippen LogP contribution in [-0.4, -0.2) is 31.8 Å². The minimum absolute atomic E-state index is 0.181. The van der Waals surface area contributed by atoms with Crippen molar-refractivity contribution >= 4 is 43.5 Å². The number of hydrogen-bond acceptors (Lipinski definition) is 3. The Morgan fingerprint density at radius 2 is 2.11 bits per heavy atom.